The Morgan fingerprint density at radius 1 is 1.12 bits per heavy atom. The fourth-order valence-electron chi connectivity index (χ4n) is 2.92. The zero-order valence-electron chi connectivity index (χ0n) is 13.6. The maximum atomic E-state index is 12.6. The smallest absolute Gasteiger partial charge is 0.325 e. The molecule has 1 heterocycles. The number of hydrogen-bond donors (Lipinski definition) is 1. The summed E-state index contributed by atoms with van der Waals surface area (Å²) in [5.74, 6) is -0.320. The van der Waals surface area contributed by atoms with Crippen molar-refractivity contribution in [3.63, 3.8) is 0 Å². The number of carbonyl (C=O) groups excluding carboxylic acids is 2. The summed E-state index contributed by atoms with van der Waals surface area (Å²) in [5, 5.41) is 13.7. The second-order valence-corrected chi connectivity index (χ2v) is 5.93. The largest absolute Gasteiger partial charge is 0.325 e. The van der Waals surface area contributed by atoms with Gasteiger partial charge >= 0.3 is 6.03 Å². The number of urea groups is 1. The molecule has 2 aromatic rings. The Hall–Kier alpha value is -3.22. The van der Waals surface area contributed by atoms with Gasteiger partial charge in [0.05, 0.1) is 11.5 Å². The lowest BCUT2D eigenvalue weighted by Crippen LogP contribution is -2.32. The Balaban J connectivity index is 1.78. The third kappa shape index (κ3) is 3.35. The van der Waals surface area contributed by atoms with Crippen LogP contribution in [0.3, 0.4) is 0 Å². The molecule has 0 spiro atoms. The van der Waals surface area contributed by atoms with E-state index in [0.29, 0.717) is 17.5 Å². The van der Waals surface area contributed by atoms with Crippen molar-refractivity contribution in [2.75, 3.05) is 0 Å². The van der Waals surface area contributed by atoms with Gasteiger partial charge in [-0.3, -0.25) is 19.8 Å². The lowest BCUT2D eigenvalue weighted by molar-refractivity contribution is -0.385. The van der Waals surface area contributed by atoms with Gasteiger partial charge in [0.25, 0.3) is 11.6 Å². The predicted octanol–water partition coefficient (Wildman–Crippen LogP) is 2.57. The highest BCUT2D eigenvalue weighted by atomic mass is 16.6. The second-order valence-electron chi connectivity index (χ2n) is 5.93. The summed E-state index contributed by atoms with van der Waals surface area (Å²) in [4.78, 5) is 36.4. The van der Waals surface area contributed by atoms with E-state index in [1.807, 2.05) is 30.3 Å². The summed E-state index contributed by atoms with van der Waals surface area (Å²) in [7, 11) is 0. The van der Waals surface area contributed by atoms with Gasteiger partial charge in [-0.25, -0.2) is 4.79 Å². The molecule has 3 amide bonds. The van der Waals surface area contributed by atoms with Crippen molar-refractivity contribution >= 4 is 17.6 Å². The normalized spacial score (nSPS) is 16.8. The molecule has 1 aliphatic rings. The molecule has 2 aromatic carbocycles. The number of imide groups is 1. The first kappa shape index (κ1) is 16.6. The minimum Gasteiger partial charge on any atom is -0.325 e. The summed E-state index contributed by atoms with van der Waals surface area (Å²) in [6.07, 6.45) is 0.413. The minimum absolute atomic E-state index is 0.0173. The fraction of sp³-hybridized carbons (Fsp3) is 0.222. The first-order valence-electron chi connectivity index (χ1n) is 7.86. The van der Waals surface area contributed by atoms with Crippen molar-refractivity contribution in [3.05, 3.63) is 75.3 Å². The highest BCUT2D eigenvalue weighted by Crippen LogP contribution is 2.24. The second kappa shape index (κ2) is 6.72. The molecule has 0 saturated carbocycles. The van der Waals surface area contributed by atoms with Gasteiger partial charge in [-0.05, 0) is 18.1 Å². The van der Waals surface area contributed by atoms with Gasteiger partial charge in [-0.15, -0.1) is 0 Å². The topological polar surface area (TPSA) is 92.6 Å². The number of amides is 3. The maximum absolute atomic E-state index is 12.6. The first-order valence-corrected chi connectivity index (χ1v) is 7.86. The van der Waals surface area contributed by atoms with E-state index < -0.39 is 17.0 Å². The molecule has 0 aromatic heterocycles. The van der Waals surface area contributed by atoms with Crippen LogP contribution in [0.15, 0.2) is 48.5 Å². The number of rotatable bonds is 5. The van der Waals surface area contributed by atoms with Crippen LogP contribution in [0.25, 0.3) is 0 Å². The molecule has 1 saturated heterocycles. The van der Waals surface area contributed by atoms with Crippen LogP contribution in [0.4, 0.5) is 10.5 Å². The summed E-state index contributed by atoms with van der Waals surface area (Å²) >= 11 is 0. The number of nitro benzene ring substituents is 1. The first-order chi connectivity index (χ1) is 12.0. The number of benzene rings is 2. The Morgan fingerprint density at radius 2 is 1.84 bits per heavy atom. The van der Waals surface area contributed by atoms with Crippen LogP contribution in [0.1, 0.15) is 16.7 Å². The summed E-state index contributed by atoms with van der Waals surface area (Å²) in [5.41, 5.74) is 1.97. The standard InChI is InChI=1S/C18H17N3O4/c1-12-14(8-5-9-16(12)21(24)25)11-20-17(22)15(19-18(20)23)10-13-6-3-2-4-7-13/h2-9,15H,10-11H2,1H3,(H,19,23). The molecule has 1 fully saturated rings. The van der Waals surface area contributed by atoms with Gasteiger partial charge in [0.1, 0.15) is 6.04 Å². The summed E-state index contributed by atoms with van der Waals surface area (Å²) < 4.78 is 0. The van der Waals surface area contributed by atoms with E-state index >= 15 is 0 Å². The quantitative estimate of drug-likeness (QED) is 0.515. The van der Waals surface area contributed by atoms with E-state index in [9.17, 15) is 19.7 Å². The summed E-state index contributed by atoms with van der Waals surface area (Å²) in [6.45, 7) is 1.64. The van der Waals surface area contributed by atoms with Crippen LogP contribution in [-0.4, -0.2) is 27.8 Å². The molecule has 3 rings (SSSR count). The summed E-state index contributed by atoms with van der Waals surface area (Å²) in [6, 6.07) is 13.0. The monoisotopic (exact) mass is 339 g/mol. The molecule has 0 bridgehead atoms. The Bertz CT molecular complexity index is 835. The molecule has 25 heavy (non-hydrogen) atoms. The van der Waals surface area contributed by atoms with Gasteiger partial charge in [-0.1, -0.05) is 42.5 Å². The molecule has 1 unspecified atom stereocenters. The molecule has 0 aliphatic carbocycles. The zero-order valence-corrected chi connectivity index (χ0v) is 13.6. The van der Waals surface area contributed by atoms with Crippen LogP contribution < -0.4 is 5.32 Å². The molecule has 1 aliphatic heterocycles. The zero-order chi connectivity index (χ0) is 18.0. The van der Waals surface area contributed by atoms with Crippen molar-refractivity contribution < 1.29 is 14.5 Å². The maximum Gasteiger partial charge on any atom is 0.325 e. The lowest BCUT2D eigenvalue weighted by atomic mass is 10.0. The highest BCUT2D eigenvalue weighted by molar-refractivity contribution is 6.04. The molecule has 7 heteroatoms. The van der Waals surface area contributed by atoms with Crippen molar-refractivity contribution in [3.8, 4) is 0 Å². The van der Waals surface area contributed by atoms with Gasteiger partial charge < -0.3 is 5.32 Å². The molecule has 7 nitrogen and oxygen atoms in total. The third-order valence-electron chi connectivity index (χ3n) is 4.33. The highest BCUT2D eigenvalue weighted by Gasteiger charge is 2.38. The van der Waals surface area contributed by atoms with Gasteiger partial charge in [0.15, 0.2) is 0 Å². The molecular formula is C18H17N3O4. The Morgan fingerprint density at radius 3 is 2.52 bits per heavy atom. The number of nitro groups is 1. The lowest BCUT2D eigenvalue weighted by Gasteiger charge is -2.15. The number of hydrogen-bond acceptors (Lipinski definition) is 4. The minimum atomic E-state index is -0.617. The molecule has 0 radical (unpaired) electrons. The van der Waals surface area contributed by atoms with Gasteiger partial charge in [0, 0.05) is 18.1 Å². The molecule has 1 atom stereocenters. The van der Waals surface area contributed by atoms with Crippen LogP contribution in [0, 0.1) is 17.0 Å². The van der Waals surface area contributed by atoms with E-state index in [2.05, 4.69) is 5.32 Å². The average Bonchev–Trinajstić information content (AvgIpc) is 2.84. The van der Waals surface area contributed by atoms with E-state index in [1.54, 1.807) is 19.1 Å². The average molecular weight is 339 g/mol. The Kier molecular flexibility index (Phi) is 4.47. The SMILES string of the molecule is Cc1c(CN2C(=O)NC(Cc3ccccc3)C2=O)cccc1[N+](=O)[O-]. The van der Waals surface area contributed by atoms with Crippen LogP contribution in [-0.2, 0) is 17.8 Å². The van der Waals surface area contributed by atoms with Crippen molar-refractivity contribution in [1.82, 2.24) is 10.2 Å². The Labute approximate surface area is 144 Å². The van der Waals surface area contributed by atoms with Gasteiger partial charge in [0.2, 0.25) is 0 Å². The van der Waals surface area contributed by atoms with Crippen LogP contribution in [0.5, 0.6) is 0 Å². The van der Waals surface area contributed by atoms with Gasteiger partial charge in [-0.2, -0.15) is 0 Å². The predicted molar refractivity (Wildman–Crippen MR) is 90.8 cm³/mol. The molecule has 1 N–H and O–H groups in total. The fourth-order valence-corrected chi connectivity index (χ4v) is 2.92. The number of nitrogens with one attached hydrogen (secondary N) is 1. The van der Waals surface area contributed by atoms with Crippen LogP contribution >= 0.6 is 0 Å². The van der Waals surface area contributed by atoms with Crippen molar-refractivity contribution in [1.29, 1.82) is 0 Å². The molecular weight excluding hydrogens is 322 g/mol. The van der Waals surface area contributed by atoms with E-state index in [1.165, 1.54) is 6.07 Å². The molecule has 128 valence electrons. The van der Waals surface area contributed by atoms with Crippen molar-refractivity contribution in [2.24, 2.45) is 0 Å². The number of carbonyl (C=O) groups is 2. The van der Waals surface area contributed by atoms with Crippen molar-refractivity contribution in [2.45, 2.75) is 25.9 Å². The number of nitrogens with zero attached hydrogens (tertiary/aromatic N) is 2. The van der Waals surface area contributed by atoms with E-state index in [4.69, 9.17) is 0 Å². The third-order valence-corrected chi connectivity index (χ3v) is 4.33. The van der Waals surface area contributed by atoms with E-state index in [0.717, 1.165) is 10.5 Å². The van der Waals surface area contributed by atoms with Crippen LogP contribution in [0.2, 0.25) is 0 Å². The van der Waals surface area contributed by atoms with E-state index in [-0.39, 0.29) is 18.1 Å².